The molecule has 2 aromatic carbocycles. The number of anilines is 1. The van der Waals surface area contributed by atoms with Gasteiger partial charge in [-0.15, -0.1) is 0 Å². The van der Waals surface area contributed by atoms with Crippen LogP contribution in [0.15, 0.2) is 58.5 Å². The van der Waals surface area contributed by atoms with Gasteiger partial charge in [0.1, 0.15) is 0 Å². The summed E-state index contributed by atoms with van der Waals surface area (Å²) in [6.45, 7) is 7.77. The number of amides is 2. The van der Waals surface area contributed by atoms with Crippen molar-refractivity contribution in [3.63, 3.8) is 0 Å². The van der Waals surface area contributed by atoms with Crippen LogP contribution < -0.4 is 15.9 Å². The molecule has 0 atom stereocenters. The van der Waals surface area contributed by atoms with Crippen molar-refractivity contribution in [3.8, 4) is 5.69 Å². The summed E-state index contributed by atoms with van der Waals surface area (Å²) < 4.78 is 24.9. The Bertz CT molecular complexity index is 1240. The Morgan fingerprint density at radius 2 is 1.61 bits per heavy atom. The molecule has 2 amide bonds. The van der Waals surface area contributed by atoms with Gasteiger partial charge in [-0.2, -0.15) is 5.10 Å². The van der Waals surface area contributed by atoms with Crippen LogP contribution in [0.4, 0.5) is 10.5 Å². The number of nitrogens with one attached hydrogen (secondary N) is 2. The zero-order valence-electron chi connectivity index (χ0n) is 17.8. The van der Waals surface area contributed by atoms with Crippen LogP contribution in [0.3, 0.4) is 0 Å². The van der Waals surface area contributed by atoms with Crippen LogP contribution in [0.1, 0.15) is 28.1 Å². The zero-order valence-corrected chi connectivity index (χ0v) is 18.6. The summed E-state index contributed by atoms with van der Waals surface area (Å²) in [6, 6.07) is 13.6. The maximum atomic E-state index is 12.1. The van der Waals surface area contributed by atoms with E-state index in [1.165, 1.54) is 12.1 Å². The van der Waals surface area contributed by atoms with E-state index < -0.39 is 16.1 Å². The van der Waals surface area contributed by atoms with Gasteiger partial charge in [0.05, 0.1) is 11.1 Å². The van der Waals surface area contributed by atoms with E-state index in [0.717, 1.165) is 33.8 Å². The molecule has 0 saturated carbocycles. The minimum Gasteiger partial charge on any atom is -0.318 e. The van der Waals surface area contributed by atoms with Crippen molar-refractivity contribution >= 4 is 28.0 Å². The molecule has 0 fully saturated rings. The summed E-state index contributed by atoms with van der Waals surface area (Å²) in [5, 5.41) is 12.0. The number of rotatable bonds is 5. The van der Waals surface area contributed by atoms with E-state index >= 15 is 0 Å². The minimum atomic E-state index is -3.74. The molecular weight excluding hydrogens is 414 g/mol. The van der Waals surface area contributed by atoms with Crippen LogP contribution in [-0.4, -0.2) is 25.2 Å². The predicted molar refractivity (Wildman–Crippen MR) is 122 cm³/mol. The average molecular weight is 440 g/mol. The summed E-state index contributed by atoms with van der Waals surface area (Å²) >= 11 is 0. The maximum Gasteiger partial charge on any atom is 0.339 e. The molecule has 0 aliphatic heterocycles. The number of nitrogens with two attached hydrogens (primary N) is 1. The molecule has 1 heterocycles. The first-order valence-corrected chi connectivity index (χ1v) is 11.1. The second-order valence-electron chi connectivity index (χ2n) is 7.40. The molecule has 0 aliphatic rings. The van der Waals surface area contributed by atoms with Crippen LogP contribution in [0.5, 0.6) is 0 Å². The Morgan fingerprint density at radius 3 is 2.19 bits per heavy atom. The van der Waals surface area contributed by atoms with Crippen molar-refractivity contribution in [1.29, 1.82) is 0 Å². The highest BCUT2D eigenvalue weighted by Gasteiger charge is 2.12. The molecule has 8 nitrogen and oxygen atoms in total. The van der Waals surface area contributed by atoms with E-state index in [2.05, 4.69) is 15.8 Å². The van der Waals surface area contributed by atoms with Crippen molar-refractivity contribution in [2.75, 3.05) is 5.32 Å². The fourth-order valence-electron chi connectivity index (χ4n) is 3.47. The van der Waals surface area contributed by atoms with Crippen LogP contribution in [-0.2, 0) is 10.0 Å². The Hall–Kier alpha value is -3.43. The summed E-state index contributed by atoms with van der Waals surface area (Å²) in [5.41, 5.74) is 8.72. The molecule has 162 valence electrons. The molecular formula is C22H25N5O3S. The number of hydrazone groups is 1. The van der Waals surface area contributed by atoms with E-state index in [1.807, 2.05) is 56.5 Å². The minimum absolute atomic E-state index is 0.0551. The summed E-state index contributed by atoms with van der Waals surface area (Å²) in [7, 11) is -3.74. The van der Waals surface area contributed by atoms with Crippen LogP contribution in [0.2, 0.25) is 0 Å². The lowest BCUT2D eigenvalue weighted by atomic mass is 10.1. The Labute approximate surface area is 181 Å². The quantitative estimate of drug-likeness (QED) is 0.417. The lowest BCUT2D eigenvalue weighted by molar-refractivity contribution is 0.252. The zero-order chi connectivity index (χ0) is 22.8. The molecule has 3 rings (SSSR count). The molecule has 0 aliphatic carbocycles. The number of urea groups is 1. The van der Waals surface area contributed by atoms with Gasteiger partial charge < -0.3 is 9.88 Å². The smallest absolute Gasteiger partial charge is 0.318 e. The normalized spacial score (nSPS) is 11.6. The van der Waals surface area contributed by atoms with Crippen molar-refractivity contribution in [1.82, 2.24) is 9.99 Å². The van der Waals surface area contributed by atoms with E-state index in [0.29, 0.717) is 5.69 Å². The highest BCUT2D eigenvalue weighted by molar-refractivity contribution is 7.89. The first-order chi connectivity index (χ1) is 14.5. The lowest BCUT2D eigenvalue weighted by Crippen LogP contribution is -2.24. The number of hydrogen-bond donors (Lipinski definition) is 3. The van der Waals surface area contributed by atoms with Crippen molar-refractivity contribution in [2.24, 2.45) is 10.2 Å². The van der Waals surface area contributed by atoms with Gasteiger partial charge in [-0.1, -0.05) is 6.07 Å². The van der Waals surface area contributed by atoms with Gasteiger partial charge in [0, 0.05) is 28.3 Å². The molecule has 4 N–H and O–H groups in total. The Morgan fingerprint density at radius 1 is 1.00 bits per heavy atom. The van der Waals surface area contributed by atoms with E-state index in [4.69, 9.17) is 5.14 Å². The number of nitrogens with zero attached hydrogens (tertiary/aromatic N) is 2. The number of sulfonamides is 1. The largest absolute Gasteiger partial charge is 0.339 e. The van der Waals surface area contributed by atoms with Gasteiger partial charge in [0.2, 0.25) is 10.0 Å². The van der Waals surface area contributed by atoms with Gasteiger partial charge in [-0.3, -0.25) is 0 Å². The van der Waals surface area contributed by atoms with Gasteiger partial charge in [-0.25, -0.2) is 23.8 Å². The fourth-order valence-corrected chi connectivity index (χ4v) is 3.98. The molecule has 0 spiro atoms. The van der Waals surface area contributed by atoms with E-state index in [1.54, 1.807) is 18.3 Å². The van der Waals surface area contributed by atoms with E-state index in [-0.39, 0.29) is 4.90 Å². The number of carbonyl (C=O) groups excluding carboxylic acids is 1. The first-order valence-electron chi connectivity index (χ1n) is 9.55. The summed E-state index contributed by atoms with van der Waals surface area (Å²) in [5.74, 6) is 0. The monoisotopic (exact) mass is 439 g/mol. The molecule has 31 heavy (non-hydrogen) atoms. The third kappa shape index (κ3) is 5.39. The first kappa shape index (κ1) is 22.3. The number of aryl methyl sites for hydroxylation is 3. The number of benzene rings is 2. The van der Waals surface area contributed by atoms with Crippen LogP contribution in [0, 0.1) is 27.7 Å². The van der Waals surface area contributed by atoms with Gasteiger partial charge in [0.15, 0.2) is 0 Å². The number of carbonyl (C=O) groups is 1. The second-order valence-corrected chi connectivity index (χ2v) is 8.96. The molecule has 0 bridgehead atoms. The SMILES string of the molecule is Cc1cc(C)cc(NC(=O)N/N=C/c2cc(C)n(-c3ccc(S(N)(=O)=O)cc3)c2C)c1. The van der Waals surface area contributed by atoms with E-state index in [9.17, 15) is 13.2 Å². The Balaban J connectivity index is 1.73. The van der Waals surface area contributed by atoms with Gasteiger partial charge >= 0.3 is 6.03 Å². The maximum absolute atomic E-state index is 12.1. The van der Waals surface area contributed by atoms with Crippen molar-refractivity contribution in [3.05, 3.63) is 76.6 Å². The number of aromatic nitrogens is 1. The Kier molecular flexibility index (Phi) is 6.28. The van der Waals surface area contributed by atoms with Crippen LogP contribution in [0.25, 0.3) is 5.69 Å². The average Bonchev–Trinajstić information content (AvgIpc) is 2.93. The summed E-state index contributed by atoms with van der Waals surface area (Å²) in [6.07, 6.45) is 1.57. The third-order valence-electron chi connectivity index (χ3n) is 4.74. The topological polar surface area (TPSA) is 119 Å². The molecule has 0 saturated heterocycles. The fraction of sp³-hybridized carbons (Fsp3) is 0.182. The highest BCUT2D eigenvalue weighted by atomic mass is 32.2. The third-order valence-corrected chi connectivity index (χ3v) is 5.67. The molecule has 0 unspecified atom stereocenters. The molecule has 0 radical (unpaired) electrons. The lowest BCUT2D eigenvalue weighted by Gasteiger charge is -2.10. The van der Waals surface area contributed by atoms with Crippen molar-refractivity contribution < 1.29 is 13.2 Å². The predicted octanol–water partition coefficient (Wildman–Crippen LogP) is 3.51. The second kappa shape index (κ2) is 8.75. The number of primary sulfonamides is 1. The highest BCUT2D eigenvalue weighted by Crippen LogP contribution is 2.21. The standard InChI is InChI=1S/C22H25N5O3S/c1-14-9-15(2)11-19(10-14)25-22(28)26-24-13-18-12-16(3)27(17(18)4)20-5-7-21(8-6-20)31(23,29)30/h5-13H,1-4H3,(H2,23,29,30)(H2,25,26,28)/b24-13+. The van der Waals surface area contributed by atoms with Gasteiger partial charge in [0.25, 0.3) is 0 Å². The molecule has 1 aromatic heterocycles. The molecule has 9 heteroatoms. The van der Waals surface area contributed by atoms with Crippen LogP contribution >= 0.6 is 0 Å². The van der Waals surface area contributed by atoms with Gasteiger partial charge in [-0.05, 0) is 81.3 Å². The number of hydrogen-bond acceptors (Lipinski definition) is 4. The summed E-state index contributed by atoms with van der Waals surface area (Å²) in [4.78, 5) is 12.2. The van der Waals surface area contributed by atoms with Crippen molar-refractivity contribution in [2.45, 2.75) is 32.6 Å². The molecule has 3 aromatic rings.